The van der Waals surface area contributed by atoms with E-state index in [1.54, 1.807) is 10.6 Å². The van der Waals surface area contributed by atoms with Gasteiger partial charge in [0.25, 0.3) is 0 Å². The fraction of sp³-hybridized carbons (Fsp3) is 0.409. The van der Waals surface area contributed by atoms with Gasteiger partial charge in [0, 0.05) is 25.6 Å². The summed E-state index contributed by atoms with van der Waals surface area (Å²) in [5.74, 6) is -0.354. The minimum Gasteiger partial charge on any atom is -0.478 e. The molecule has 3 heterocycles. The van der Waals surface area contributed by atoms with E-state index in [9.17, 15) is 9.90 Å². The SMILES string of the molecule is Cc1cccc(Cc2c(C)nc3c(C(=O)O)cc(N4CCOC(C)C4)nn23)c1C. The largest absolute Gasteiger partial charge is 0.478 e. The molecule has 1 fully saturated rings. The van der Waals surface area contributed by atoms with E-state index in [1.165, 1.54) is 16.7 Å². The molecule has 1 aliphatic heterocycles. The van der Waals surface area contributed by atoms with Crippen LogP contribution in [0.25, 0.3) is 5.65 Å². The summed E-state index contributed by atoms with van der Waals surface area (Å²) in [7, 11) is 0. The van der Waals surface area contributed by atoms with Crippen LogP contribution in [0.15, 0.2) is 24.3 Å². The lowest BCUT2D eigenvalue weighted by Crippen LogP contribution is -2.41. The standard InChI is InChI=1S/C22H26N4O3/c1-13-6-5-7-17(15(13)3)10-19-16(4)23-21-18(22(27)28)11-20(24-26(19)21)25-8-9-29-14(2)12-25/h5-7,11,14H,8-10,12H2,1-4H3,(H,27,28). The average molecular weight is 394 g/mol. The van der Waals surface area contributed by atoms with E-state index in [-0.39, 0.29) is 11.7 Å². The summed E-state index contributed by atoms with van der Waals surface area (Å²) >= 11 is 0. The molecule has 4 rings (SSSR count). The molecule has 29 heavy (non-hydrogen) atoms. The predicted octanol–water partition coefficient (Wildman–Crippen LogP) is 3.17. The Bertz CT molecular complexity index is 1090. The summed E-state index contributed by atoms with van der Waals surface area (Å²) in [4.78, 5) is 18.6. The van der Waals surface area contributed by atoms with E-state index in [4.69, 9.17) is 9.84 Å². The predicted molar refractivity (Wildman–Crippen MR) is 111 cm³/mol. The van der Waals surface area contributed by atoms with Crippen LogP contribution in [0.3, 0.4) is 0 Å². The number of aromatic nitrogens is 3. The molecule has 1 atom stereocenters. The minimum atomic E-state index is -0.997. The van der Waals surface area contributed by atoms with Crippen molar-refractivity contribution in [1.82, 2.24) is 14.6 Å². The summed E-state index contributed by atoms with van der Waals surface area (Å²) < 4.78 is 7.34. The average Bonchev–Trinajstić information content (AvgIpc) is 3.00. The van der Waals surface area contributed by atoms with Gasteiger partial charge >= 0.3 is 5.97 Å². The van der Waals surface area contributed by atoms with Crippen molar-refractivity contribution in [3.8, 4) is 0 Å². The van der Waals surface area contributed by atoms with E-state index in [0.717, 1.165) is 11.4 Å². The van der Waals surface area contributed by atoms with E-state index in [0.29, 0.717) is 37.6 Å². The van der Waals surface area contributed by atoms with Gasteiger partial charge in [0.15, 0.2) is 11.5 Å². The Morgan fingerprint density at radius 2 is 2.10 bits per heavy atom. The van der Waals surface area contributed by atoms with Gasteiger partial charge in [-0.05, 0) is 44.4 Å². The van der Waals surface area contributed by atoms with E-state index in [1.807, 2.05) is 19.9 Å². The lowest BCUT2D eigenvalue weighted by molar-refractivity contribution is 0.0528. The second-order valence-electron chi connectivity index (χ2n) is 7.76. The number of carbonyl (C=O) groups is 1. The summed E-state index contributed by atoms with van der Waals surface area (Å²) in [5, 5.41) is 14.6. The lowest BCUT2D eigenvalue weighted by Gasteiger charge is -2.32. The zero-order valence-electron chi connectivity index (χ0n) is 17.3. The highest BCUT2D eigenvalue weighted by Gasteiger charge is 2.24. The van der Waals surface area contributed by atoms with Gasteiger partial charge in [-0.1, -0.05) is 18.2 Å². The van der Waals surface area contributed by atoms with Crippen molar-refractivity contribution in [3.05, 3.63) is 57.9 Å². The Morgan fingerprint density at radius 3 is 2.83 bits per heavy atom. The summed E-state index contributed by atoms with van der Waals surface area (Å²) in [6.07, 6.45) is 0.726. The first-order chi connectivity index (χ1) is 13.8. The molecule has 7 heteroatoms. The number of anilines is 1. The van der Waals surface area contributed by atoms with Crippen molar-refractivity contribution in [2.45, 2.75) is 40.2 Å². The molecule has 3 aromatic rings. The van der Waals surface area contributed by atoms with Crippen molar-refractivity contribution in [1.29, 1.82) is 0 Å². The maximum absolute atomic E-state index is 12.0. The van der Waals surface area contributed by atoms with Gasteiger partial charge < -0.3 is 14.7 Å². The summed E-state index contributed by atoms with van der Waals surface area (Å²) in [5.41, 5.74) is 5.94. The first-order valence-corrected chi connectivity index (χ1v) is 9.89. The van der Waals surface area contributed by atoms with E-state index in [2.05, 4.69) is 35.9 Å². The molecule has 1 aromatic carbocycles. The Morgan fingerprint density at radius 1 is 1.31 bits per heavy atom. The molecule has 0 radical (unpaired) electrons. The molecule has 1 saturated heterocycles. The summed E-state index contributed by atoms with van der Waals surface area (Å²) in [6.45, 7) is 10.1. The molecule has 1 N–H and O–H groups in total. The highest BCUT2D eigenvalue weighted by Crippen LogP contribution is 2.25. The third-order valence-electron chi connectivity index (χ3n) is 5.73. The minimum absolute atomic E-state index is 0.0773. The zero-order valence-corrected chi connectivity index (χ0v) is 17.3. The van der Waals surface area contributed by atoms with Crippen molar-refractivity contribution in [2.24, 2.45) is 0 Å². The number of morpholine rings is 1. The number of hydrogen-bond acceptors (Lipinski definition) is 5. The third-order valence-corrected chi connectivity index (χ3v) is 5.73. The van der Waals surface area contributed by atoms with Crippen LogP contribution < -0.4 is 4.90 Å². The molecule has 7 nitrogen and oxygen atoms in total. The Balaban J connectivity index is 1.85. The van der Waals surface area contributed by atoms with Gasteiger partial charge in [-0.3, -0.25) is 0 Å². The highest BCUT2D eigenvalue weighted by atomic mass is 16.5. The number of benzene rings is 1. The van der Waals surface area contributed by atoms with Crippen LogP contribution in [-0.4, -0.2) is 51.5 Å². The molecule has 0 saturated carbocycles. The van der Waals surface area contributed by atoms with Crippen LogP contribution in [-0.2, 0) is 11.2 Å². The van der Waals surface area contributed by atoms with Crippen LogP contribution in [0.5, 0.6) is 0 Å². The fourth-order valence-corrected chi connectivity index (χ4v) is 3.88. The maximum Gasteiger partial charge on any atom is 0.339 e. The molecule has 2 aromatic heterocycles. The smallest absolute Gasteiger partial charge is 0.339 e. The Kier molecular flexibility index (Phi) is 5.00. The molecule has 1 unspecified atom stereocenters. The molecular weight excluding hydrogens is 368 g/mol. The molecule has 0 spiro atoms. The molecule has 0 bridgehead atoms. The number of aryl methyl sites for hydroxylation is 2. The van der Waals surface area contributed by atoms with Gasteiger partial charge in [0.05, 0.1) is 24.1 Å². The van der Waals surface area contributed by atoms with E-state index < -0.39 is 5.97 Å². The lowest BCUT2D eigenvalue weighted by atomic mass is 9.99. The van der Waals surface area contributed by atoms with Gasteiger partial charge in [-0.2, -0.15) is 0 Å². The quantitative estimate of drug-likeness (QED) is 0.732. The Hall–Kier alpha value is -2.93. The van der Waals surface area contributed by atoms with Gasteiger partial charge in [0.1, 0.15) is 5.56 Å². The number of aromatic carboxylic acids is 1. The van der Waals surface area contributed by atoms with Crippen molar-refractivity contribution < 1.29 is 14.6 Å². The van der Waals surface area contributed by atoms with Crippen LogP contribution in [0, 0.1) is 20.8 Å². The number of ether oxygens (including phenoxy) is 1. The monoisotopic (exact) mass is 394 g/mol. The van der Waals surface area contributed by atoms with Crippen molar-refractivity contribution in [3.63, 3.8) is 0 Å². The summed E-state index contributed by atoms with van der Waals surface area (Å²) in [6, 6.07) is 7.88. The van der Waals surface area contributed by atoms with Gasteiger partial charge in [-0.25, -0.2) is 14.3 Å². The normalized spacial score (nSPS) is 17.1. The number of fused-ring (bicyclic) bond motifs is 1. The number of nitrogens with zero attached hydrogens (tertiary/aromatic N) is 4. The van der Waals surface area contributed by atoms with Crippen molar-refractivity contribution >= 4 is 17.4 Å². The van der Waals surface area contributed by atoms with Crippen LogP contribution in [0.4, 0.5) is 5.82 Å². The number of hydrogen-bond donors (Lipinski definition) is 1. The molecule has 0 aliphatic carbocycles. The zero-order chi connectivity index (χ0) is 20.7. The number of carboxylic acids is 1. The van der Waals surface area contributed by atoms with Crippen LogP contribution in [0.2, 0.25) is 0 Å². The second kappa shape index (κ2) is 7.48. The molecule has 1 aliphatic rings. The number of carboxylic acid groups (broad SMARTS) is 1. The van der Waals surface area contributed by atoms with Crippen molar-refractivity contribution in [2.75, 3.05) is 24.6 Å². The van der Waals surface area contributed by atoms with Crippen LogP contribution in [0.1, 0.15) is 45.4 Å². The first-order valence-electron chi connectivity index (χ1n) is 9.89. The Labute approximate surface area is 169 Å². The maximum atomic E-state index is 12.0. The molecule has 152 valence electrons. The number of imidazole rings is 1. The topological polar surface area (TPSA) is 80.0 Å². The second-order valence-corrected chi connectivity index (χ2v) is 7.76. The molecule has 0 amide bonds. The first kappa shape index (κ1) is 19.4. The van der Waals surface area contributed by atoms with Gasteiger partial charge in [-0.15, -0.1) is 5.10 Å². The fourth-order valence-electron chi connectivity index (χ4n) is 3.88. The third kappa shape index (κ3) is 3.58. The highest BCUT2D eigenvalue weighted by molar-refractivity contribution is 5.95. The molecular formula is C22H26N4O3. The van der Waals surface area contributed by atoms with E-state index >= 15 is 0 Å². The number of rotatable bonds is 4. The van der Waals surface area contributed by atoms with Gasteiger partial charge in [0.2, 0.25) is 0 Å². The van der Waals surface area contributed by atoms with Crippen LogP contribution >= 0.6 is 0 Å².